The van der Waals surface area contributed by atoms with E-state index in [1.54, 1.807) is 11.1 Å². The number of alkyl halides is 2. The average Bonchev–Trinajstić information content (AvgIpc) is 3.36. The molecular formula is C19H22F2N6O2. The quantitative estimate of drug-likeness (QED) is 0.639. The topological polar surface area (TPSA) is 103 Å². The van der Waals surface area contributed by atoms with Crippen molar-refractivity contribution in [2.75, 3.05) is 18.4 Å². The minimum atomic E-state index is -2.42. The molecule has 2 aromatic heterocycles. The van der Waals surface area contributed by atoms with Gasteiger partial charge in [0.1, 0.15) is 11.3 Å². The normalized spacial score (nSPS) is 22.0. The average molecular weight is 404 g/mol. The van der Waals surface area contributed by atoms with Gasteiger partial charge in [0.25, 0.3) is 5.91 Å². The number of nitrogens with zero attached hydrogens (tertiary/aromatic N) is 3. The van der Waals surface area contributed by atoms with E-state index in [0.29, 0.717) is 30.1 Å². The molecule has 4 rings (SSSR count). The fourth-order valence-corrected chi connectivity index (χ4v) is 3.62. The Morgan fingerprint density at radius 3 is 2.76 bits per heavy atom. The summed E-state index contributed by atoms with van der Waals surface area (Å²) in [4.78, 5) is 37.5. The lowest BCUT2D eigenvalue weighted by Gasteiger charge is -2.31. The number of fused-ring (bicyclic) bond motifs is 1. The highest BCUT2D eigenvalue weighted by atomic mass is 19.3. The number of nitrogens with one attached hydrogen (secondary N) is 3. The smallest absolute Gasteiger partial charge is 0.255 e. The number of aromatic amines is 1. The van der Waals surface area contributed by atoms with Gasteiger partial charge in [-0.25, -0.2) is 18.7 Å². The SMILES string of the molecule is C=CC(=O)N1CCC(Nc2cnc3[nH]cc(C(=O)N[C@@H]4C[C@H]4C(F)F)c3n2)CC1. The molecule has 2 aliphatic rings. The molecule has 0 spiro atoms. The Bertz CT molecular complexity index is 938. The first-order chi connectivity index (χ1) is 14.0. The lowest BCUT2D eigenvalue weighted by atomic mass is 10.1. The van der Waals surface area contributed by atoms with E-state index in [-0.39, 0.29) is 23.9 Å². The van der Waals surface area contributed by atoms with Crippen LogP contribution in [0.2, 0.25) is 0 Å². The summed E-state index contributed by atoms with van der Waals surface area (Å²) in [5.41, 5.74) is 1.12. The summed E-state index contributed by atoms with van der Waals surface area (Å²) < 4.78 is 25.3. The monoisotopic (exact) mass is 404 g/mol. The molecule has 1 aliphatic heterocycles. The van der Waals surface area contributed by atoms with E-state index >= 15 is 0 Å². The predicted octanol–water partition coefficient (Wildman–Crippen LogP) is 1.93. The lowest BCUT2D eigenvalue weighted by molar-refractivity contribution is -0.126. The second kappa shape index (κ2) is 7.76. The van der Waals surface area contributed by atoms with Crippen molar-refractivity contribution >= 4 is 28.8 Å². The highest BCUT2D eigenvalue weighted by molar-refractivity contribution is 6.04. The molecule has 2 aromatic rings. The number of carbonyl (C=O) groups excluding carboxylic acids is 2. The van der Waals surface area contributed by atoms with Crippen molar-refractivity contribution < 1.29 is 18.4 Å². The predicted molar refractivity (Wildman–Crippen MR) is 103 cm³/mol. The molecule has 29 heavy (non-hydrogen) atoms. The molecule has 3 N–H and O–H groups in total. The molecular weight excluding hydrogens is 382 g/mol. The standard InChI is InChI=1S/C19H22F2N6O2/c1-2-15(28)27-5-3-10(4-6-27)24-14-9-23-18-16(26-14)12(8-22-18)19(29)25-13-7-11(13)17(20)21/h2,8-11,13,17H,1,3-7H2,(H,22,23)(H,24,26)(H,25,29)/t11-,13-/m1/s1. The Kier molecular flexibility index (Phi) is 5.16. The van der Waals surface area contributed by atoms with Crippen LogP contribution < -0.4 is 10.6 Å². The van der Waals surface area contributed by atoms with Gasteiger partial charge < -0.3 is 20.5 Å². The second-order valence-electron chi connectivity index (χ2n) is 7.42. The maximum atomic E-state index is 12.7. The van der Waals surface area contributed by atoms with Crippen LogP contribution in [0.4, 0.5) is 14.6 Å². The second-order valence-corrected chi connectivity index (χ2v) is 7.42. The summed E-state index contributed by atoms with van der Waals surface area (Å²) in [6.45, 7) is 4.76. The number of hydrogen-bond acceptors (Lipinski definition) is 5. The molecule has 3 heterocycles. The van der Waals surface area contributed by atoms with Crippen molar-refractivity contribution in [1.82, 2.24) is 25.2 Å². The Hall–Kier alpha value is -3.04. The largest absolute Gasteiger partial charge is 0.366 e. The fraction of sp³-hybridized carbons (Fsp3) is 0.474. The van der Waals surface area contributed by atoms with Crippen LogP contribution in [0.25, 0.3) is 11.2 Å². The Morgan fingerprint density at radius 1 is 1.34 bits per heavy atom. The maximum absolute atomic E-state index is 12.7. The molecule has 0 radical (unpaired) electrons. The molecule has 2 amide bonds. The Morgan fingerprint density at radius 2 is 2.10 bits per heavy atom. The third-order valence-electron chi connectivity index (χ3n) is 5.44. The minimum Gasteiger partial charge on any atom is -0.366 e. The van der Waals surface area contributed by atoms with Crippen molar-refractivity contribution in [3.63, 3.8) is 0 Å². The Balaban J connectivity index is 1.41. The number of H-pyrrole nitrogens is 1. The van der Waals surface area contributed by atoms with Crippen LogP contribution in [0.1, 0.15) is 29.6 Å². The van der Waals surface area contributed by atoms with Gasteiger partial charge in [0.2, 0.25) is 12.3 Å². The first kappa shape index (κ1) is 19.3. The number of halogens is 2. The summed E-state index contributed by atoms with van der Waals surface area (Å²) in [5.74, 6) is -0.757. The fourth-order valence-electron chi connectivity index (χ4n) is 3.62. The first-order valence-electron chi connectivity index (χ1n) is 9.57. The summed E-state index contributed by atoms with van der Waals surface area (Å²) in [7, 11) is 0. The van der Waals surface area contributed by atoms with E-state index in [0.717, 1.165) is 12.8 Å². The third kappa shape index (κ3) is 4.06. The molecule has 2 atom stereocenters. The number of anilines is 1. The number of likely N-dealkylation sites (tertiary alicyclic amines) is 1. The number of piperidine rings is 1. The molecule has 10 heteroatoms. The van der Waals surface area contributed by atoms with Gasteiger partial charge in [-0.1, -0.05) is 6.58 Å². The van der Waals surface area contributed by atoms with E-state index in [2.05, 4.69) is 32.2 Å². The molecule has 1 aliphatic carbocycles. The molecule has 0 bridgehead atoms. The van der Waals surface area contributed by atoms with Crippen LogP contribution in [-0.4, -0.2) is 63.3 Å². The van der Waals surface area contributed by atoms with Gasteiger partial charge in [-0.15, -0.1) is 0 Å². The van der Waals surface area contributed by atoms with E-state index in [9.17, 15) is 18.4 Å². The molecule has 8 nitrogen and oxygen atoms in total. The summed E-state index contributed by atoms with van der Waals surface area (Å²) in [6.07, 6.45) is 3.77. The number of carbonyl (C=O) groups is 2. The van der Waals surface area contributed by atoms with Gasteiger partial charge in [0.05, 0.1) is 11.8 Å². The van der Waals surface area contributed by atoms with Crippen LogP contribution in [0.5, 0.6) is 0 Å². The van der Waals surface area contributed by atoms with E-state index < -0.39 is 24.3 Å². The van der Waals surface area contributed by atoms with Gasteiger partial charge in [0, 0.05) is 37.3 Å². The molecule has 1 saturated heterocycles. The van der Waals surface area contributed by atoms with Crippen LogP contribution >= 0.6 is 0 Å². The van der Waals surface area contributed by atoms with Gasteiger partial charge in [-0.05, 0) is 25.3 Å². The van der Waals surface area contributed by atoms with Crippen LogP contribution in [-0.2, 0) is 4.79 Å². The zero-order valence-electron chi connectivity index (χ0n) is 15.7. The lowest BCUT2D eigenvalue weighted by Crippen LogP contribution is -2.41. The van der Waals surface area contributed by atoms with Crippen molar-refractivity contribution in [3.8, 4) is 0 Å². The molecule has 0 aromatic carbocycles. The number of rotatable bonds is 6. The maximum Gasteiger partial charge on any atom is 0.255 e. The van der Waals surface area contributed by atoms with Crippen LogP contribution in [0.3, 0.4) is 0 Å². The third-order valence-corrected chi connectivity index (χ3v) is 5.44. The van der Waals surface area contributed by atoms with Gasteiger partial charge >= 0.3 is 0 Å². The zero-order chi connectivity index (χ0) is 20.5. The molecule has 2 fully saturated rings. The van der Waals surface area contributed by atoms with Crippen molar-refractivity contribution in [2.45, 2.75) is 37.8 Å². The summed E-state index contributed by atoms with van der Waals surface area (Å²) >= 11 is 0. The molecule has 154 valence electrons. The molecule has 1 saturated carbocycles. The van der Waals surface area contributed by atoms with Gasteiger partial charge in [-0.3, -0.25) is 9.59 Å². The number of amides is 2. The molecule has 0 unspecified atom stereocenters. The summed E-state index contributed by atoms with van der Waals surface area (Å²) in [6, 6.07) is -0.365. The zero-order valence-corrected chi connectivity index (χ0v) is 15.7. The van der Waals surface area contributed by atoms with Gasteiger partial charge in [0.15, 0.2) is 5.65 Å². The van der Waals surface area contributed by atoms with Crippen molar-refractivity contribution in [2.24, 2.45) is 5.92 Å². The van der Waals surface area contributed by atoms with E-state index in [1.807, 2.05) is 0 Å². The Labute approximate surface area is 165 Å². The number of hydrogen-bond donors (Lipinski definition) is 3. The van der Waals surface area contributed by atoms with Crippen molar-refractivity contribution in [3.05, 3.63) is 30.6 Å². The van der Waals surface area contributed by atoms with Crippen LogP contribution in [0, 0.1) is 5.92 Å². The van der Waals surface area contributed by atoms with E-state index in [1.165, 1.54) is 12.3 Å². The van der Waals surface area contributed by atoms with Gasteiger partial charge in [-0.2, -0.15) is 0 Å². The van der Waals surface area contributed by atoms with Crippen molar-refractivity contribution in [1.29, 1.82) is 0 Å². The first-order valence-corrected chi connectivity index (χ1v) is 9.57. The summed E-state index contributed by atoms with van der Waals surface area (Å²) in [5, 5.41) is 5.93. The van der Waals surface area contributed by atoms with E-state index in [4.69, 9.17) is 0 Å². The number of aromatic nitrogens is 3. The highest BCUT2D eigenvalue weighted by Crippen LogP contribution is 2.36. The highest BCUT2D eigenvalue weighted by Gasteiger charge is 2.45. The van der Waals surface area contributed by atoms with Crippen LogP contribution in [0.15, 0.2) is 25.0 Å². The minimum absolute atomic E-state index is 0.0719.